The molecule has 2 aromatic carbocycles. The molecular weight excluding hydrogens is 374 g/mol. The second-order valence-corrected chi connectivity index (χ2v) is 8.48. The van der Waals surface area contributed by atoms with Crippen LogP contribution >= 0.6 is 0 Å². The third kappa shape index (κ3) is 4.95. The number of aryl methyl sites for hydroxylation is 1. The maximum Gasteiger partial charge on any atom is 0.255 e. The van der Waals surface area contributed by atoms with Crippen molar-refractivity contribution in [3.8, 4) is 0 Å². The Balaban J connectivity index is 1.71. The predicted octanol–water partition coefficient (Wildman–Crippen LogP) is 3.66. The molecule has 0 unspecified atom stereocenters. The van der Waals surface area contributed by atoms with Gasteiger partial charge in [0.25, 0.3) is 5.91 Å². The minimum atomic E-state index is -3.38. The molecule has 0 fully saturated rings. The third-order valence-electron chi connectivity index (χ3n) is 4.13. The van der Waals surface area contributed by atoms with Crippen molar-refractivity contribution in [3.05, 3.63) is 83.6 Å². The van der Waals surface area contributed by atoms with E-state index >= 15 is 0 Å². The molecule has 3 rings (SSSR count). The van der Waals surface area contributed by atoms with Crippen molar-refractivity contribution in [1.82, 2.24) is 4.98 Å². The molecule has 0 radical (unpaired) electrons. The summed E-state index contributed by atoms with van der Waals surface area (Å²) >= 11 is 0. The Morgan fingerprint density at radius 2 is 1.79 bits per heavy atom. The zero-order valence-electron chi connectivity index (χ0n) is 15.6. The summed E-state index contributed by atoms with van der Waals surface area (Å²) in [5, 5.41) is 5.93. The Hall–Kier alpha value is -3.19. The highest BCUT2D eigenvalue weighted by atomic mass is 32.2. The minimum Gasteiger partial charge on any atom is -0.365 e. The van der Waals surface area contributed by atoms with Crippen LogP contribution in [-0.4, -0.2) is 25.6 Å². The van der Waals surface area contributed by atoms with Crippen molar-refractivity contribution < 1.29 is 13.2 Å². The number of pyridine rings is 1. The largest absolute Gasteiger partial charge is 0.365 e. The summed E-state index contributed by atoms with van der Waals surface area (Å²) in [6.45, 7) is 2.34. The molecule has 6 nitrogen and oxygen atoms in total. The molecule has 7 heteroatoms. The van der Waals surface area contributed by atoms with Crippen molar-refractivity contribution in [3.63, 3.8) is 0 Å². The number of nitrogens with one attached hydrogen (secondary N) is 2. The Morgan fingerprint density at radius 1 is 1.04 bits per heavy atom. The Morgan fingerprint density at radius 3 is 2.50 bits per heavy atom. The van der Waals surface area contributed by atoms with E-state index in [-0.39, 0.29) is 10.8 Å². The van der Waals surface area contributed by atoms with Crippen LogP contribution in [0, 0.1) is 6.92 Å². The summed E-state index contributed by atoms with van der Waals surface area (Å²) in [5.41, 5.74) is 3.22. The van der Waals surface area contributed by atoms with Crippen LogP contribution in [0.2, 0.25) is 0 Å². The number of amides is 1. The average molecular weight is 395 g/mol. The zero-order chi connectivity index (χ0) is 20.1. The fourth-order valence-corrected chi connectivity index (χ4v) is 3.48. The summed E-state index contributed by atoms with van der Waals surface area (Å²) in [5.74, 6) is 0.119. The Kier molecular flexibility index (Phi) is 5.75. The van der Waals surface area contributed by atoms with Crippen LogP contribution < -0.4 is 10.6 Å². The van der Waals surface area contributed by atoms with Gasteiger partial charge in [-0.25, -0.2) is 13.4 Å². The van der Waals surface area contributed by atoms with Crippen LogP contribution in [0.4, 0.5) is 11.5 Å². The second-order valence-electron chi connectivity index (χ2n) is 6.50. The smallest absolute Gasteiger partial charge is 0.255 e. The molecule has 3 aromatic rings. The first-order chi connectivity index (χ1) is 13.3. The summed E-state index contributed by atoms with van der Waals surface area (Å²) in [4.78, 5) is 16.6. The topological polar surface area (TPSA) is 88.2 Å². The van der Waals surface area contributed by atoms with Gasteiger partial charge in [-0.15, -0.1) is 0 Å². The zero-order valence-corrected chi connectivity index (χ0v) is 16.5. The number of anilines is 2. The summed E-state index contributed by atoms with van der Waals surface area (Å²) in [6.07, 6.45) is 2.69. The fourth-order valence-electron chi connectivity index (χ4n) is 2.68. The lowest BCUT2D eigenvalue weighted by atomic mass is 10.1. The lowest BCUT2D eigenvalue weighted by Crippen LogP contribution is -2.12. The van der Waals surface area contributed by atoms with Crippen molar-refractivity contribution >= 4 is 27.2 Å². The third-order valence-corrected chi connectivity index (χ3v) is 5.26. The molecule has 1 amide bonds. The molecule has 0 saturated carbocycles. The summed E-state index contributed by atoms with van der Waals surface area (Å²) < 4.78 is 23.7. The van der Waals surface area contributed by atoms with Gasteiger partial charge in [-0.2, -0.15) is 0 Å². The quantitative estimate of drug-likeness (QED) is 0.665. The number of rotatable bonds is 6. The number of benzene rings is 2. The lowest BCUT2D eigenvalue weighted by Gasteiger charge is -2.11. The maximum atomic E-state index is 12.4. The Labute approximate surface area is 164 Å². The first-order valence-corrected chi connectivity index (χ1v) is 10.6. The highest BCUT2D eigenvalue weighted by Crippen LogP contribution is 2.19. The molecule has 144 valence electrons. The molecule has 1 aromatic heterocycles. The van der Waals surface area contributed by atoms with Crippen molar-refractivity contribution in [2.75, 3.05) is 16.9 Å². The van der Waals surface area contributed by atoms with E-state index in [1.807, 2.05) is 37.3 Å². The van der Waals surface area contributed by atoms with Crippen LogP contribution in [-0.2, 0) is 16.4 Å². The van der Waals surface area contributed by atoms with E-state index in [0.717, 1.165) is 17.4 Å². The number of nitrogens with zero attached hydrogens (tertiary/aromatic N) is 1. The molecule has 0 aliphatic carbocycles. The van der Waals surface area contributed by atoms with Gasteiger partial charge in [-0.1, -0.05) is 29.8 Å². The highest BCUT2D eigenvalue weighted by molar-refractivity contribution is 7.90. The number of aromatic nitrogens is 1. The van der Waals surface area contributed by atoms with Crippen LogP contribution in [0.25, 0.3) is 0 Å². The normalized spacial score (nSPS) is 11.1. The van der Waals surface area contributed by atoms with Crippen LogP contribution in [0.5, 0.6) is 0 Å². The van der Waals surface area contributed by atoms with Crippen molar-refractivity contribution in [2.45, 2.75) is 18.4 Å². The van der Waals surface area contributed by atoms with Gasteiger partial charge in [0, 0.05) is 30.2 Å². The first-order valence-electron chi connectivity index (χ1n) is 8.69. The van der Waals surface area contributed by atoms with E-state index in [2.05, 4.69) is 15.6 Å². The van der Waals surface area contributed by atoms with Gasteiger partial charge in [0.2, 0.25) is 0 Å². The van der Waals surface area contributed by atoms with Crippen LogP contribution in [0.3, 0.4) is 0 Å². The van der Waals surface area contributed by atoms with E-state index in [1.54, 1.807) is 24.3 Å². The molecule has 0 aliphatic heterocycles. The molecule has 0 aliphatic rings. The fraction of sp³-hybridized carbons (Fsp3) is 0.143. The molecular formula is C21H21N3O3S. The van der Waals surface area contributed by atoms with Crippen LogP contribution in [0.15, 0.2) is 71.8 Å². The number of hydrogen-bond donors (Lipinski definition) is 2. The van der Waals surface area contributed by atoms with E-state index in [9.17, 15) is 13.2 Å². The second kappa shape index (κ2) is 8.22. The SMILES string of the molecule is Cc1ccc(C(=O)Nc2cccc(CNc3ncccc3S(C)(=O)=O)c2)cc1. The van der Waals surface area contributed by atoms with Gasteiger partial charge in [-0.3, -0.25) is 4.79 Å². The molecule has 0 atom stereocenters. The first kappa shape index (κ1) is 19.6. The monoisotopic (exact) mass is 395 g/mol. The highest BCUT2D eigenvalue weighted by Gasteiger charge is 2.13. The van der Waals surface area contributed by atoms with Gasteiger partial charge >= 0.3 is 0 Å². The van der Waals surface area contributed by atoms with Gasteiger partial charge < -0.3 is 10.6 Å². The van der Waals surface area contributed by atoms with Gasteiger partial charge in [-0.05, 0) is 48.9 Å². The number of hydrogen-bond acceptors (Lipinski definition) is 5. The molecule has 28 heavy (non-hydrogen) atoms. The molecule has 0 saturated heterocycles. The molecule has 0 bridgehead atoms. The summed E-state index contributed by atoms with van der Waals surface area (Å²) in [6, 6.07) is 17.8. The molecule has 2 N–H and O–H groups in total. The van der Waals surface area contributed by atoms with Crippen molar-refractivity contribution in [2.24, 2.45) is 0 Å². The average Bonchev–Trinajstić information content (AvgIpc) is 2.67. The van der Waals surface area contributed by atoms with Crippen LogP contribution in [0.1, 0.15) is 21.5 Å². The van der Waals surface area contributed by atoms with E-state index < -0.39 is 9.84 Å². The standard InChI is InChI=1S/C21H21N3O3S/c1-15-8-10-17(11-9-15)21(25)24-18-6-3-5-16(13-18)14-23-20-19(28(2,26)27)7-4-12-22-20/h3-13H,14H2,1-2H3,(H,22,23)(H,24,25). The predicted molar refractivity (Wildman–Crippen MR) is 110 cm³/mol. The maximum absolute atomic E-state index is 12.4. The lowest BCUT2D eigenvalue weighted by molar-refractivity contribution is 0.102. The van der Waals surface area contributed by atoms with E-state index in [1.165, 1.54) is 12.3 Å². The van der Waals surface area contributed by atoms with E-state index in [0.29, 0.717) is 23.6 Å². The summed E-state index contributed by atoms with van der Waals surface area (Å²) in [7, 11) is -3.38. The molecule has 1 heterocycles. The number of carbonyl (C=O) groups excluding carboxylic acids is 1. The van der Waals surface area contributed by atoms with Crippen molar-refractivity contribution in [1.29, 1.82) is 0 Å². The molecule has 0 spiro atoms. The van der Waals surface area contributed by atoms with Gasteiger partial charge in [0.1, 0.15) is 10.7 Å². The minimum absolute atomic E-state index is 0.152. The Bertz CT molecular complexity index is 1090. The number of sulfone groups is 1. The number of carbonyl (C=O) groups is 1. The van der Waals surface area contributed by atoms with Gasteiger partial charge in [0.05, 0.1) is 0 Å². The van der Waals surface area contributed by atoms with E-state index in [4.69, 9.17) is 0 Å². The van der Waals surface area contributed by atoms with Gasteiger partial charge in [0.15, 0.2) is 9.84 Å².